The molecule has 2 aromatic rings. The summed E-state index contributed by atoms with van der Waals surface area (Å²) in [6.45, 7) is 3.22. The number of rotatable bonds is 5. The van der Waals surface area contributed by atoms with Crippen molar-refractivity contribution in [2.45, 2.75) is 51.1 Å². The molecule has 5 rings (SSSR count). The second kappa shape index (κ2) is 7.76. The number of fused-ring (bicyclic) bond motifs is 2. The van der Waals surface area contributed by atoms with Gasteiger partial charge in [0, 0.05) is 49.3 Å². The van der Waals surface area contributed by atoms with Gasteiger partial charge < -0.3 is 24.8 Å². The molecular formula is C22H29N3O3. The third-order valence-corrected chi connectivity index (χ3v) is 6.38. The van der Waals surface area contributed by atoms with Gasteiger partial charge in [0.25, 0.3) is 0 Å². The van der Waals surface area contributed by atoms with Crippen molar-refractivity contribution in [3.8, 4) is 11.5 Å². The number of aliphatic hydroxyl groups is 1. The number of nitrogens with one attached hydrogen (secondary N) is 1. The normalized spacial score (nSPS) is 22.3. The molecule has 28 heavy (non-hydrogen) atoms. The lowest BCUT2D eigenvalue weighted by atomic mass is 9.98. The first-order valence-electron chi connectivity index (χ1n) is 10.6. The summed E-state index contributed by atoms with van der Waals surface area (Å²) in [7, 11) is 0. The van der Waals surface area contributed by atoms with Gasteiger partial charge in [0.1, 0.15) is 5.82 Å². The van der Waals surface area contributed by atoms with Crippen LogP contribution in [0.15, 0.2) is 18.2 Å². The highest BCUT2D eigenvalue weighted by Crippen LogP contribution is 2.37. The van der Waals surface area contributed by atoms with Crippen LogP contribution in [-0.2, 0) is 6.54 Å². The van der Waals surface area contributed by atoms with Crippen molar-refractivity contribution in [1.82, 2.24) is 10.3 Å². The molecule has 3 aliphatic rings. The highest BCUT2D eigenvalue weighted by molar-refractivity contribution is 5.85. The summed E-state index contributed by atoms with van der Waals surface area (Å²) < 4.78 is 11.1. The lowest BCUT2D eigenvalue weighted by molar-refractivity contribution is 0.174. The fourth-order valence-electron chi connectivity index (χ4n) is 4.79. The van der Waals surface area contributed by atoms with Gasteiger partial charge in [-0.3, -0.25) is 0 Å². The fourth-order valence-corrected chi connectivity index (χ4v) is 4.79. The van der Waals surface area contributed by atoms with Crippen LogP contribution in [0.3, 0.4) is 0 Å². The summed E-state index contributed by atoms with van der Waals surface area (Å²) >= 11 is 0. The summed E-state index contributed by atoms with van der Waals surface area (Å²) in [6.07, 6.45) is 7.38. The van der Waals surface area contributed by atoms with Crippen molar-refractivity contribution in [3.63, 3.8) is 0 Å². The van der Waals surface area contributed by atoms with E-state index >= 15 is 0 Å². The Labute approximate surface area is 165 Å². The number of aromatic nitrogens is 1. The summed E-state index contributed by atoms with van der Waals surface area (Å²) in [5, 5.41) is 14.5. The number of aliphatic hydroxyl groups excluding tert-OH is 1. The van der Waals surface area contributed by atoms with Gasteiger partial charge in [-0.25, -0.2) is 4.98 Å². The lowest BCUT2D eigenvalue weighted by Gasteiger charge is -2.34. The molecule has 1 saturated heterocycles. The van der Waals surface area contributed by atoms with E-state index in [-0.39, 0.29) is 13.4 Å². The Morgan fingerprint density at radius 3 is 2.71 bits per heavy atom. The molecule has 2 N–H and O–H groups in total. The molecule has 0 unspecified atom stereocenters. The summed E-state index contributed by atoms with van der Waals surface area (Å²) in [4.78, 5) is 7.42. The zero-order valence-electron chi connectivity index (χ0n) is 16.3. The van der Waals surface area contributed by atoms with Gasteiger partial charge in [0.2, 0.25) is 6.79 Å². The van der Waals surface area contributed by atoms with E-state index in [1.54, 1.807) is 0 Å². The molecule has 6 nitrogen and oxygen atoms in total. The monoisotopic (exact) mass is 383 g/mol. The molecule has 1 aromatic carbocycles. The maximum atomic E-state index is 9.66. The van der Waals surface area contributed by atoms with Crippen LogP contribution in [0.1, 0.15) is 44.1 Å². The largest absolute Gasteiger partial charge is 0.454 e. The predicted octanol–water partition coefficient (Wildman–Crippen LogP) is 3.20. The van der Waals surface area contributed by atoms with E-state index in [0.29, 0.717) is 12.0 Å². The molecule has 0 amide bonds. The van der Waals surface area contributed by atoms with Crippen LogP contribution in [-0.4, -0.2) is 42.6 Å². The van der Waals surface area contributed by atoms with Gasteiger partial charge in [0.15, 0.2) is 11.5 Å². The van der Waals surface area contributed by atoms with Crippen molar-refractivity contribution in [2.75, 3.05) is 31.4 Å². The van der Waals surface area contributed by atoms with Crippen LogP contribution >= 0.6 is 0 Å². The van der Waals surface area contributed by atoms with Gasteiger partial charge in [-0.05, 0) is 43.7 Å². The quantitative estimate of drug-likeness (QED) is 0.827. The second-order valence-corrected chi connectivity index (χ2v) is 8.37. The molecule has 1 saturated carbocycles. The van der Waals surface area contributed by atoms with E-state index in [1.165, 1.54) is 31.2 Å². The molecule has 150 valence electrons. The minimum Gasteiger partial charge on any atom is -0.454 e. The van der Waals surface area contributed by atoms with Crippen LogP contribution in [0, 0.1) is 5.92 Å². The second-order valence-electron chi connectivity index (χ2n) is 8.37. The smallest absolute Gasteiger partial charge is 0.231 e. The first kappa shape index (κ1) is 18.0. The molecule has 1 aromatic heterocycles. The van der Waals surface area contributed by atoms with Gasteiger partial charge in [-0.15, -0.1) is 0 Å². The zero-order chi connectivity index (χ0) is 18.9. The minimum atomic E-state index is 0.248. The third-order valence-electron chi connectivity index (χ3n) is 6.38. The molecule has 2 fully saturated rings. The van der Waals surface area contributed by atoms with Crippen LogP contribution < -0.4 is 19.7 Å². The molecule has 2 aliphatic heterocycles. The lowest BCUT2D eigenvalue weighted by Crippen LogP contribution is -2.38. The maximum absolute atomic E-state index is 9.66. The SMILES string of the molecule is OC[C@H]1CCCN(c2nc3cc4c(cc3cc2CNC2CCCC2)OCO4)C1. The van der Waals surface area contributed by atoms with Crippen molar-refractivity contribution in [1.29, 1.82) is 0 Å². The van der Waals surface area contributed by atoms with Crippen LogP contribution in [0.4, 0.5) is 5.82 Å². The average molecular weight is 383 g/mol. The number of ether oxygens (including phenoxy) is 2. The van der Waals surface area contributed by atoms with E-state index in [4.69, 9.17) is 14.5 Å². The Balaban J connectivity index is 1.50. The average Bonchev–Trinajstić information content (AvgIpc) is 3.41. The predicted molar refractivity (Wildman–Crippen MR) is 109 cm³/mol. The van der Waals surface area contributed by atoms with E-state index in [9.17, 15) is 5.11 Å². The highest BCUT2D eigenvalue weighted by Gasteiger charge is 2.24. The Bertz CT molecular complexity index is 851. The van der Waals surface area contributed by atoms with Gasteiger partial charge in [-0.2, -0.15) is 0 Å². The molecule has 6 heteroatoms. The molecule has 1 aliphatic carbocycles. The molecule has 0 bridgehead atoms. The number of hydrogen-bond donors (Lipinski definition) is 2. The van der Waals surface area contributed by atoms with Crippen LogP contribution in [0.2, 0.25) is 0 Å². The first-order chi connectivity index (χ1) is 13.8. The van der Waals surface area contributed by atoms with E-state index < -0.39 is 0 Å². The van der Waals surface area contributed by atoms with E-state index in [1.807, 2.05) is 12.1 Å². The number of anilines is 1. The Morgan fingerprint density at radius 1 is 1.07 bits per heavy atom. The van der Waals surface area contributed by atoms with Crippen LogP contribution in [0.5, 0.6) is 11.5 Å². The number of pyridine rings is 1. The topological polar surface area (TPSA) is 66.9 Å². The highest BCUT2D eigenvalue weighted by atomic mass is 16.7. The van der Waals surface area contributed by atoms with Crippen molar-refractivity contribution >= 4 is 16.7 Å². The Morgan fingerprint density at radius 2 is 1.89 bits per heavy atom. The number of benzene rings is 1. The van der Waals surface area contributed by atoms with Crippen molar-refractivity contribution in [3.05, 3.63) is 23.8 Å². The van der Waals surface area contributed by atoms with Gasteiger partial charge in [-0.1, -0.05) is 12.8 Å². The van der Waals surface area contributed by atoms with Gasteiger partial charge >= 0.3 is 0 Å². The van der Waals surface area contributed by atoms with Gasteiger partial charge in [0.05, 0.1) is 5.52 Å². The molecule has 3 heterocycles. The number of hydrogen-bond acceptors (Lipinski definition) is 6. The standard InChI is InChI=1S/C22H29N3O3/c26-13-15-4-3-7-25(12-15)22-17(11-23-18-5-1-2-6-18)8-16-9-20-21(28-14-27-20)10-19(16)24-22/h8-10,15,18,23,26H,1-7,11-14H2/t15-/m0/s1. The zero-order valence-corrected chi connectivity index (χ0v) is 16.3. The molecule has 0 radical (unpaired) electrons. The summed E-state index contributed by atoms with van der Waals surface area (Å²) in [6, 6.07) is 6.90. The van der Waals surface area contributed by atoms with Crippen molar-refractivity contribution < 1.29 is 14.6 Å². The number of nitrogens with zero attached hydrogens (tertiary/aromatic N) is 2. The summed E-state index contributed by atoms with van der Waals surface area (Å²) in [5.41, 5.74) is 2.17. The van der Waals surface area contributed by atoms with Crippen molar-refractivity contribution in [2.24, 2.45) is 5.92 Å². The third kappa shape index (κ3) is 3.51. The first-order valence-corrected chi connectivity index (χ1v) is 10.6. The molecular weight excluding hydrogens is 354 g/mol. The minimum absolute atomic E-state index is 0.248. The summed E-state index contributed by atoms with van der Waals surface area (Å²) in [5.74, 6) is 2.96. The van der Waals surface area contributed by atoms with E-state index in [2.05, 4.69) is 16.3 Å². The fraction of sp³-hybridized carbons (Fsp3) is 0.591. The van der Waals surface area contributed by atoms with E-state index in [0.717, 1.165) is 60.7 Å². The number of piperidine rings is 1. The molecule has 1 atom stereocenters. The Kier molecular flexibility index (Phi) is 4.99. The molecule has 0 spiro atoms. The Hall–Kier alpha value is -2.05. The van der Waals surface area contributed by atoms with Crippen LogP contribution in [0.25, 0.3) is 10.9 Å². The maximum Gasteiger partial charge on any atom is 0.231 e.